The Kier molecular flexibility index (Phi) is 4.53. The summed E-state index contributed by atoms with van der Waals surface area (Å²) in [5.41, 5.74) is -1.21. The van der Waals surface area contributed by atoms with Gasteiger partial charge in [0, 0.05) is 11.8 Å². The molecule has 1 saturated carbocycles. The van der Waals surface area contributed by atoms with E-state index in [0.717, 1.165) is 0 Å². The Hall–Kier alpha value is -0.910. The number of carbonyl (C=O) groups excluding carboxylic acids is 1. The number of aliphatic carboxylic acids is 1. The Bertz CT molecular complexity index is 331. The molecule has 1 amide bonds. The molecule has 0 aromatic rings. The summed E-state index contributed by atoms with van der Waals surface area (Å²) < 4.78 is 5.13. The van der Waals surface area contributed by atoms with Crippen molar-refractivity contribution in [1.29, 1.82) is 0 Å². The molecule has 0 aromatic carbocycles. The fourth-order valence-corrected chi connectivity index (χ4v) is 3.00. The highest BCUT2D eigenvalue weighted by Gasteiger charge is 2.50. The van der Waals surface area contributed by atoms with Crippen LogP contribution in [0, 0.1) is 5.41 Å². The first-order chi connectivity index (χ1) is 8.18. The van der Waals surface area contributed by atoms with Gasteiger partial charge < -0.3 is 15.2 Å². The van der Waals surface area contributed by atoms with Crippen molar-refractivity contribution < 1.29 is 19.4 Å². The highest BCUT2D eigenvalue weighted by atomic mass is 32.2. The quantitative estimate of drug-likeness (QED) is 0.822. The summed E-state index contributed by atoms with van der Waals surface area (Å²) in [6, 6.07) is -0.0944. The normalized spacial score (nSPS) is 27.2. The van der Waals surface area contributed by atoms with Crippen molar-refractivity contribution in [1.82, 2.24) is 5.32 Å². The number of amides is 1. The standard InChI is InChI=1S/C12H21NO4S/c1-11(2,3)17-10(16)13-8-5-12(6-8,7-18-4)9(14)15/h8H,5-7H2,1-4H3,(H,13,16)(H,14,15). The monoisotopic (exact) mass is 275 g/mol. The van der Waals surface area contributed by atoms with Crippen molar-refractivity contribution in [3.05, 3.63) is 0 Å². The van der Waals surface area contributed by atoms with E-state index in [1.165, 1.54) is 11.8 Å². The predicted molar refractivity (Wildman–Crippen MR) is 70.8 cm³/mol. The summed E-state index contributed by atoms with van der Waals surface area (Å²) in [6.45, 7) is 5.38. The predicted octanol–water partition coefficient (Wildman–Crippen LogP) is 2.11. The molecule has 0 bridgehead atoms. The largest absolute Gasteiger partial charge is 0.481 e. The molecule has 0 aromatic heterocycles. The zero-order valence-electron chi connectivity index (χ0n) is 11.3. The summed E-state index contributed by atoms with van der Waals surface area (Å²) in [7, 11) is 0. The first-order valence-corrected chi connectivity index (χ1v) is 7.30. The number of hydrogen-bond donors (Lipinski definition) is 2. The highest BCUT2D eigenvalue weighted by molar-refractivity contribution is 7.98. The Labute approximate surface area is 112 Å². The highest BCUT2D eigenvalue weighted by Crippen LogP contribution is 2.43. The molecule has 0 aliphatic heterocycles. The number of hydrogen-bond acceptors (Lipinski definition) is 4. The molecule has 0 atom stereocenters. The second-order valence-electron chi connectivity index (χ2n) is 5.77. The first kappa shape index (κ1) is 15.1. The third-order valence-electron chi connectivity index (χ3n) is 2.87. The topological polar surface area (TPSA) is 75.6 Å². The van der Waals surface area contributed by atoms with Crippen molar-refractivity contribution in [2.75, 3.05) is 12.0 Å². The van der Waals surface area contributed by atoms with Gasteiger partial charge in [0.2, 0.25) is 0 Å². The number of rotatable bonds is 4. The van der Waals surface area contributed by atoms with Gasteiger partial charge in [0.05, 0.1) is 5.41 Å². The van der Waals surface area contributed by atoms with Crippen molar-refractivity contribution in [3.63, 3.8) is 0 Å². The zero-order valence-corrected chi connectivity index (χ0v) is 12.1. The van der Waals surface area contributed by atoms with E-state index in [1.54, 1.807) is 20.8 Å². The van der Waals surface area contributed by atoms with Crippen LogP contribution in [0.1, 0.15) is 33.6 Å². The van der Waals surface area contributed by atoms with Crippen LogP contribution < -0.4 is 5.32 Å². The van der Waals surface area contributed by atoms with Crippen LogP contribution in [0.3, 0.4) is 0 Å². The van der Waals surface area contributed by atoms with Gasteiger partial charge in [-0.05, 0) is 39.9 Å². The maximum atomic E-state index is 11.5. The molecular formula is C12H21NO4S. The number of carbonyl (C=O) groups is 2. The van der Waals surface area contributed by atoms with Gasteiger partial charge in [-0.1, -0.05) is 0 Å². The van der Waals surface area contributed by atoms with E-state index >= 15 is 0 Å². The smallest absolute Gasteiger partial charge is 0.407 e. The summed E-state index contributed by atoms with van der Waals surface area (Å²) >= 11 is 1.52. The summed E-state index contributed by atoms with van der Waals surface area (Å²) in [5, 5.41) is 11.9. The van der Waals surface area contributed by atoms with Crippen molar-refractivity contribution in [2.24, 2.45) is 5.41 Å². The molecule has 1 aliphatic carbocycles. The first-order valence-electron chi connectivity index (χ1n) is 5.90. The van der Waals surface area contributed by atoms with Gasteiger partial charge in [0.15, 0.2) is 0 Å². The van der Waals surface area contributed by atoms with E-state index in [4.69, 9.17) is 4.74 Å². The average Bonchev–Trinajstić information content (AvgIpc) is 2.10. The Morgan fingerprint density at radius 2 is 2.00 bits per heavy atom. The number of ether oxygens (including phenoxy) is 1. The second-order valence-corrected chi connectivity index (χ2v) is 6.64. The molecule has 0 saturated heterocycles. The molecule has 1 fully saturated rings. The lowest BCUT2D eigenvalue weighted by Crippen LogP contribution is -2.56. The maximum Gasteiger partial charge on any atom is 0.407 e. The van der Waals surface area contributed by atoms with Gasteiger partial charge in [-0.25, -0.2) is 4.79 Å². The van der Waals surface area contributed by atoms with E-state index < -0.39 is 23.1 Å². The Morgan fingerprint density at radius 3 is 2.39 bits per heavy atom. The number of alkyl carbamates (subject to hydrolysis) is 1. The fraction of sp³-hybridized carbons (Fsp3) is 0.833. The third kappa shape index (κ3) is 3.80. The molecule has 0 unspecified atom stereocenters. The van der Waals surface area contributed by atoms with Gasteiger partial charge in [-0.3, -0.25) is 4.79 Å². The lowest BCUT2D eigenvalue weighted by atomic mass is 9.67. The summed E-state index contributed by atoms with van der Waals surface area (Å²) in [5.74, 6) is -0.200. The van der Waals surface area contributed by atoms with Crippen LogP contribution in [0.15, 0.2) is 0 Å². The molecule has 18 heavy (non-hydrogen) atoms. The van der Waals surface area contributed by atoms with Gasteiger partial charge in [0.1, 0.15) is 5.60 Å². The lowest BCUT2D eigenvalue weighted by Gasteiger charge is -2.44. The minimum atomic E-state index is -0.779. The molecule has 5 nitrogen and oxygen atoms in total. The van der Waals surface area contributed by atoms with Gasteiger partial charge in [0.25, 0.3) is 0 Å². The van der Waals surface area contributed by atoms with Crippen LogP contribution in [0.4, 0.5) is 4.79 Å². The number of nitrogens with one attached hydrogen (secondary N) is 1. The molecular weight excluding hydrogens is 254 g/mol. The molecule has 0 spiro atoms. The van der Waals surface area contributed by atoms with Crippen LogP contribution in [-0.2, 0) is 9.53 Å². The molecule has 0 heterocycles. The third-order valence-corrected chi connectivity index (χ3v) is 3.71. The lowest BCUT2D eigenvalue weighted by molar-refractivity contribution is -0.154. The minimum absolute atomic E-state index is 0.0944. The van der Waals surface area contributed by atoms with E-state index in [-0.39, 0.29) is 6.04 Å². The van der Waals surface area contributed by atoms with Crippen LogP contribution in [0.5, 0.6) is 0 Å². The molecule has 1 rings (SSSR count). The molecule has 104 valence electrons. The van der Waals surface area contributed by atoms with Crippen molar-refractivity contribution >= 4 is 23.8 Å². The fourth-order valence-electron chi connectivity index (χ4n) is 2.09. The zero-order chi connectivity index (χ0) is 14.0. The summed E-state index contributed by atoms with van der Waals surface area (Å²) in [6.07, 6.45) is 2.36. The van der Waals surface area contributed by atoms with E-state index in [0.29, 0.717) is 18.6 Å². The molecule has 2 N–H and O–H groups in total. The Balaban J connectivity index is 2.42. The maximum absolute atomic E-state index is 11.5. The SMILES string of the molecule is CSCC1(C(=O)O)CC(NC(=O)OC(C)(C)C)C1. The number of carboxylic acids is 1. The summed E-state index contributed by atoms with van der Waals surface area (Å²) in [4.78, 5) is 22.7. The van der Waals surface area contributed by atoms with Crippen molar-refractivity contribution in [2.45, 2.75) is 45.3 Å². The van der Waals surface area contributed by atoms with Crippen LogP contribution in [0.25, 0.3) is 0 Å². The molecule has 6 heteroatoms. The molecule has 1 aliphatic rings. The number of thioether (sulfide) groups is 1. The van der Waals surface area contributed by atoms with Crippen LogP contribution in [0.2, 0.25) is 0 Å². The van der Waals surface area contributed by atoms with Gasteiger partial charge in [-0.15, -0.1) is 0 Å². The number of carboxylic acid groups (broad SMARTS) is 1. The Morgan fingerprint density at radius 1 is 1.44 bits per heavy atom. The van der Waals surface area contributed by atoms with E-state index in [2.05, 4.69) is 5.32 Å². The average molecular weight is 275 g/mol. The second kappa shape index (κ2) is 5.38. The van der Waals surface area contributed by atoms with Crippen LogP contribution in [-0.4, -0.2) is 40.8 Å². The van der Waals surface area contributed by atoms with E-state index in [9.17, 15) is 14.7 Å². The van der Waals surface area contributed by atoms with Crippen LogP contribution >= 0.6 is 11.8 Å². The molecule has 0 radical (unpaired) electrons. The van der Waals surface area contributed by atoms with Gasteiger partial charge in [-0.2, -0.15) is 11.8 Å². The minimum Gasteiger partial charge on any atom is -0.481 e. The van der Waals surface area contributed by atoms with E-state index in [1.807, 2.05) is 6.26 Å². The van der Waals surface area contributed by atoms with Crippen molar-refractivity contribution in [3.8, 4) is 0 Å². The van der Waals surface area contributed by atoms with Gasteiger partial charge >= 0.3 is 12.1 Å².